The van der Waals surface area contributed by atoms with Gasteiger partial charge in [0.05, 0.1) is 35.3 Å². The Labute approximate surface area is 240 Å². The van der Waals surface area contributed by atoms with Crippen molar-refractivity contribution in [1.82, 2.24) is 4.90 Å². The lowest BCUT2D eigenvalue weighted by Crippen LogP contribution is -2.50. The molecule has 0 bridgehead atoms. The van der Waals surface area contributed by atoms with Crippen molar-refractivity contribution in [3.63, 3.8) is 0 Å². The van der Waals surface area contributed by atoms with E-state index in [2.05, 4.69) is 4.90 Å². The van der Waals surface area contributed by atoms with E-state index in [1.54, 1.807) is 6.07 Å². The smallest absolute Gasteiger partial charge is 0.350 e. The number of alkyl halides is 6. The molecule has 2 aromatic carbocycles. The molecule has 226 valence electrons. The monoisotopic (exact) mass is 595 g/mol. The highest BCUT2D eigenvalue weighted by atomic mass is 19.4. The predicted molar refractivity (Wildman–Crippen MR) is 147 cm³/mol. The molecule has 4 rings (SSSR count). The second-order valence-corrected chi connectivity index (χ2v) is 11.2. The summed E-state index contributed by atoms with van der Waals surface area (Å²) in [6, 6.07) is 10.3. The fraction of sp³-hybridized carbons (Fsp3) is 0.400. The van der Waals surface area contributed by atoms with Gasteiger partial charge in [-0.2, -0.15) is 26.3 Å². The Morgan fingerprint density at radius 3 is 1.90 bits per heavy atom. The van der Waals surface area contributed by atoms with Gasteiger partial charge < -0.3 is 10.1 Å². The molecule has 0 spiro atoms. The van der Waals surface area contributed by atoms with Crippen LogP contribution in [0.25, 0.3) is 11.1 Å². The van der Waals surface area contributed by atoms with Gasteiger partial charge in [0.25, 0.3) is 0 Å². The van der Waals surface area contributed by atoms with E-state index in [4.69, 9.17) is 0 Å². The largest absolute Gasteiger partial charge is 0.416 e. The average molecular weight is 596 g/mol. The highest BCUT2D eigenvalue weighted by Crippen LogP contribution is 2.41. The van der Waals surface area contributed by atoms with Crippen molar-refractivity contribution in [2.45, 2.75) is 38.5 Å². The van der Waals surface area contributed by atoms with Crippen molar-refractivity contribution in [2.24, 2.45) is 0 Å². The Kier molecular flexibility index (Phi) is 8.25. The Morgan fingerprint density at radius 2 is 1.38 bits per heavy atom. The second kappa shape index (κ2) is 11.1. The molecule has 42 heavy (non-hydrogen) atoms. The number of amides is 1. The fourth-order valence-electron chi connectivity index (χ4n) is 5.12. The maximum atomic E-state index is 13.9. The number of aromatic nitrogens is 1. The minimum absolute atomic E-state index is 0.0375. The number of aryl methyl sites for hydroxylation is 1. The summed E-state index contributed by atoms with van der Waals surface area (Å²) in [7, 11) is 3.38. The van der Waals surface area contributed by atoms with Crippen LogP contribution in [0.2, 0.25) is 0 Å². The van der Waals surface area contributed by atoms with Crippen LogP contribution in [0, 0.1) is 6.92 Å². The summed E-state index contributed by atoms with van der Waals surface area (Å²) in [6.07, 6.45) is -8.77. The summed E-state index contributed by atoms with van der Waals surface area (Å²) in [5.41, 5.74) is -2.84. The van der Waals surface area contributed by atoms with Crippen molar-refractivity contribution < 1.29 is 41.1 Å². The molecule has 3 aromatic rings. The van der Waals surface area contributed by atoms with Crippen molar-refractivity contribution in [3.8, 4) is 11.1 Å². The topological polar surface area (TPSA) is 50.9 Å². The van der Waals surface area contributed by atoms with E-state index in [0.717, 1.165) is 33.8 Å². The SMILES string of the molecule is Cc1ccccc1-c1cc(N2CCN(C)CC2)[n+](O)cc1N(C)C(=O)C(C)(C)c1cc(C(F)(F)F)cc(C(F)(F)F)c1. The van der Waals surface area contributed by atoms with Crippen molar-refractivity contribution in [1.29, 1.82) is 0 Å². The summed E-state index contributed by atoms with van der Waals surface area (Å²) >= 11 is 0. The zero-order valence-electron chi connectivity index (χ0n) is 23.9. The first kappa shape index (κ1) is 31.1. The number of rotatable bonds is 5. The molecular weight excluding hydrogens is 562 g/mol. The number of benzene rings is 2. The normalized spacial score (nSPS) is 15.2. The van der Waals surface area contributed by atoms with Crippen LogP contribution in [0.1, 0.15) is 36.1 Å². The number of hydrogen-bond acceptors (Lipinski definition) is 4. The predicted octanol–water partition coefficient (Wildman–Crippen LogP) is 5.92. The van der Waals surface area contributed by atoms with Crippen LogP contribution in [0.15, 0.2) is 54.7 Å². The van der Waals surface area contributed by atoms with Gasteiger partial charge in [0.15, 0.2) is 6.20 Å². The standard InChI is InChI=1S/C30H33F6N4O2/c1-19-8-6-7-9-23(19)24-17-26(39-12-10-37(4)11-13-39)40(42)18-25(24)38(5)27(41)28(2,3)20-14-21(29(31,32)33)16-22(15-20)30(34,35)36/h6-9,14-18,42H,10-13H2,1-5H3/q+1. The summed E-state index contributed by atoms with van der Waals surface area (Å²) in [6.45, 7) is 7.25. The van der Waals surface area contributed by atoms with Gasteiger partial charge in [0.2, 0.25) is 5.91 Å². The van der Waals surface area contributed by atoms with E-state index in [1.807, 2.05) is 43.1 Å². The zero-order valence-corrected chi connectivity index (χ0v) is 23.9. The molecule has 0 aliphatic carbocycles. The number of likely N-dealkylation sites (N-methyl/N-ethyl adjacent to an activating group) is 2. The Morgan fingerprint density at radius 1 is 0.857 bits per heavy atom. The Balaban J connectivity index is 1.83. The van der Waals surface area contributed by atoms with Crippen LogP contribution >= 0.6 is 0 Å². The molecule has 6 nitrogen and oxygen atoms in total. The molecule has 1 aliphatic heterocycles. The summed E-state index contributed by atoms with van der Waals surface area (Å²) in [4.78, 5) is 19.3. The summed E-state index contributed by atoms with van der Waals surface area (Å²) in [5.74, 6) is -0.282. The molecule has 1 N–H and O–H groups in total. The molecule has 0 unspecified atom stereocenters. The van der Waals surface area contributed by atoms with Crippen molar-refractivity contribution >= 4 is 17.4 Å². The fourth-order valence-corrected chi connectivity index (χ4v) is 5.12. The van der Waals surface area contributed by atoms with Crippen LogP contribution in [-0.4, -0.2) is 56.3 Å². The van der Waals surface area contributed by atoms with Gasteiger partial charge in [-0.3, -0.25) is 14.6 Å². The van der Waals surface area contributed by atoms with Gasteiger partial charge in [-0.25, -0.2) is 0 Å². The molecule has 2 heterocycles. The molecule has 1 amide bonds. The maximum absolute atomic E-state index is 13.9. The maximum Gasteiger partial charge on any atom is 0.416 e. The van der Waals surface area contributed by atoms with Crippen LogP contribution in [0.5, 0.6) is 0 Å². The van der Waals surface area contributed by atoms with Gasteiger partial charge in [-0.15, -0.1) is 0 Å². The third-order valence-electron chi connectivity index (χ3n) is 7.80. The van der Waals surface area contributed by atoms with Crippen LogP contribution in [0.3, 0.4) is 0 Å². The van der Waals surface area contributed by atoms with E-state index < -0.39 is 40.4 Å². The molecule has 1 saturated heterocycles. The number of carbonyl (C=O) groups excluding carboxylic acids is 1. The van der Waals surface area contributed by atoms with Crippen LogP contribution < -0.4 is 14.5 Å². The van der Waals surface area contributed by atoms with E-state index in [0.29, 0.717) is 36.6 Å². The quantitative estimate of drug-likeness (QED) is 0.226. The molecule has 1 aliphatic rings. The van der Waals surface area contributed by atoms with Gasteiger partial charge in [0.1, 0.15) is 0 Å². The third kappa shape index (κ3) is 6.18. The Bertz CT molecular complexity index is 1450. The number of pyridine rings is 1. The highest BCUT2D eigenvalue weighted by Gasteiger charge is 2.41. The first-order chi connectivity index (χ1) is 19.4. The van der Waals surface area contributed by atoms with E-state index in [9.17, 15) is 36.3 Å². The number of piperazine rings is 1. The second-order valence-electron chi connectivity index (χ2n) is 11.2. The number of nitrogens with zero attached hydrogens (tertiary/aromatic N) is 4. The first-order valence-electron chi connectivity index (χ1n) is 13.3. The van der Waals surface area contributed by atoms with E-state index in [1.165, 1.54) is 27.1 Å². The van der Waals surface area contributed by atoms with Crippen molar-refractivity contribution in [3.05, 3.63) is 77.0 Å². The molecule has 0 saturated carbocycles. The first-order valence-corrected chi connectivity index (χ1v) is 13.3. The minimum atomic E-state index is -5.05. The third-order valence-corrected chi connectivity index (χ3v) is 7.80. The number of halogens is 6. The Hall–Kier alpha value is -3.80. The summed E-state index contributed by atoms with van der Waals surface area (Å²) < 4.78 is 82.4. The lowest BCUT2D eigenvalue weighted by Gasteiger charge is -2.32. The molecule has 12 heteroatoms. The average Bonchev–Trinajstić information content (AvgIpc) is 2.92. The van der Waals surface area contributed by atoms with Crippen molar-refractivity contribution in [2.75, 3.05) is 50.1 Å². The molecule has 0 radical (unpaired) electrons. The lowest BCUT2D eigenvalue weighted by molar-refractivity contribution is -0.894. The van der Waals surface area contributed by atoms with Gasteiger partial charge >= 0.3 is 18.2 Å². The number of anilines is 2. The highest BCUT2D eigenvalue weighted by molar-refractivity contribution is 6.03. The molecule has 0 atom stereocenters. The van der Waals surface area contributed by atoms with E-state index >= 15 is 0 Å². The number of carbonyl (C=O) groups is 1. The number of hydrogen-bond donors (Lipinski definition) is 1. The zero-order chi connectivity index (χ0) is 31.2. The van der Waals surface area contributed by atoms with E-state index in [-0.39, 0.29) is 11.8 Å². The molecule has 1 aromatic heterocycles. The van der Waals surface area contributed by atoms with Gasteiger partial charge in [0, 0.05) is 31.8 Å². The van der Waals surface area contributed by atoms with Gasteiger partial charge in [-0.05, 0) is 62.7 Å². The van der Waals surface area contributed by atoms with Crippen LogP contribution in [-0.2, 0) is 22.6 Å². The minimum Gasteiger partial charge on any atom is -0.350 e. The molecular formula is C30H33F6N4O2+. The van der Waals surface area contributed by atoms with Gasteiger partial charge in [-0.1, -0.05) is 29.0 Å². The van der Waals surface area contributed by atoms with Crippen LogP contribution in [0.4, 0.5) is 37.8 Å². The lowest BCUT2D eigenvalue weighted by atomic mass is 9.81. The molecule has 1 fully saturated rings. The summed E-state index contributed by atoms with van der Waals surface area (Å²) in [5, 5.41) is 11.0.